The first kappa shape index (κ1) is 44.4. The van der Waals surface area contributed by atoms with Crippen molar-refractivity contribution in [3.05, 3.63) is 232 Å². The van der Waals surface area contributed by atoms with Crippen molar-refractivity contribution < 1.29 is 0 Å². The van der Waals surface area contributed by atoms with Gasteiger partial charge in [-0.2, -0.15) is 5.26 Å². The Morgan fingerprint density at radius 1 is 0.347 bits per heavy atom. The maximum Gasteiger partial charge on any atom is 0.104 e. The van der Waals surface area contributed by atoms with Crippen LogP contribution in [-0.2, 0) is 0 Å². The van der Waals surface area contributed by atoms with E-state index in [4.69, 9.17) is 0 Å². The van der Waals surface area contributed by atoms with Crippen molar-refractivity contribution in [2.45, 2.75) is 55.4 Å². The summed E-state index contributed by atoms with van der Waals surface area (Å²) in [6.45, 7) is 17.4. The molecule has 0 fully saturated rings. The largest absolute Gasteiger partial charge is 0.308 e. The number of nitrogens with zero attached hydrogens (tertiary/aromatic N) is 4. The third kappa shape index (κ3) is 7.40. The zero-order valence-corrected chi connectivity index (χ0v) is 42.1. The lowest BCUT2D eigenvalue weighted by Crippen LogP contribution is -2.05. The zero-order valence-electron chi connectivity index (χ0n) is 42.1. The number of aromatic nitrogens is 3. The lowest BCUT2D eigenvalue weighted by molar-refractivity contribution is 1.12. The van der Waals surface area contributed by atoms with Gasteiger partial charge < -0.3 is 9.13 Å². The molecule has 72 heavy (non-hydrogen) atoms. The lowest BCUT2D eigenvalue weighted by Gasteiger charge is -2.19. The van der Waals surface area contributed by atoms with Gasteiger partial charge in [-0.25, -0.2) is 0 Å². The monoisotopic (exact) mass is 926 g/mol. The van der Waals surface area contributed by atoms with Crippen LogP contribution >= 0.6 is 0 Å². The van der Waals surface area contributed by atoms with Crippen molar-refractivity contribution >= 4 is 43.6 Å². The van der Waals surface area contributed by atoms with Gasteiger partial charge in [0, 0.05) is 39.5 Å². The molecule has 0 aliphatic heterocycles. The molecule has 12 aromatic rings. The molecule has 0 unspecified atom stereocenters. The summed E-state index contributed by atoms with van der Waals surface area (Å²) in [5.74, 6) is 0. The van der Waals surface area contributed by atoms with E-state index in [1.54, 1.807) is 0 Å². The zero-order chi connectivity index (χ0) is 49.5. The number of pyridine rings is 1. The lowest BCUT2D eigenvalue weighted by atomic mass is 9.96. The van der Waals surface area contributed by atoms with Crippen LogP contribution in [0.5, 0.6) is 0 Å². The summed E-state index contributed by atoms with van der Waals surface area (Å²) in [5, 5.41) is 16.5. The van der Waals surface area contributed by atoms with E-state index in [0.29, 0.717) is 5.56 Å². The molecule has 0 radical (unpaired) electrons. The minimum atomic E-state index is 0.572. The fourth-order valence-corrected chi connectivity index (χ4v) is 11.6. The van der Waals surface area contributed by atoms with Crippen LogP contribution in [0, 0.1) is 66.7 Å². The van der Waals surface area contributed by atoms with Gasteiger partial charge in [-0.05, 0) is 170 Å². The van der Waals surface area contributed by atoms with Gasteiger partial charge in [0.05, 0.1) is 33.4 Å². The molecule has 0 aliphatic carbocycles. The highest BCUT2D eigenvalue weighted by Crippen LogP contribution is 2.44. The van der Waals surface area contributed by atoms with Crippen molar-refractivity contribution in [1.29, 1.82) is 5.26 Å². The number of hydrogen-bond donors (Lipinski definition) is 0. The standard InChI is InChI=1S/C68H54N4/c1-40-11-19-54(44(5)28-40)48-15-23-58-59-24-16-49(55-20-12-41(2)29-45(55)6)33-64(59)71(63(58)32-48)67-36-53(52-10-9-27-70-39-52)37-68(62(67)38-69)72-65-34-50(56-21-13-42(3)30-46(56)7)17-25-60(65)61-26-18-51(35-66(61)72)57-22-14-43(4)31-47(57)8/h9-37,39H,1-8H3. The fourth-order valence-electron chi connectivity index (χ4n) is 11.6. The molecule has 12 rings (SSSR count). The van der Waals surface area contributed by atoms with Gasteiger partial charge >= 0.3 is 0 Å². The second-order valence-corrected chi connectivity index (χ2v) is 20.1. The highest BCUT2D eigenvalue weighted by Gasteiger charge is 2.25. The Bertz CT molecular complexity index is 3790. The van der Waals surface area contributed by atoms with Crippen LogP contribution in [0.1, 0.15) is 50.1 Å². The SMILES string of the molecule is Cc1ccc(-c2ccc3c4ccc(-c5ccc(C)cc5C)cc4n(-c4cc(-c5cccnc5)cc(-n5c6cc(-c7ccc(C)cc7C)ccc6c6ccc(-c7ccc(C)cc7C)cc65)c4C#N)c3c2)c(C)c1. The number of nitriles is 1. The summed E-state index contributed by atoms with van der Waals surface area (Å²) in [5.41, 5.74) is 27.3. The van der Waals surface area contributed by atoms with E-state index >= 15 is 0 Å². The normalized spacial score (nSPS) is 11.6. The van der Waals surface area contributed by atoms with E-state index in [1.807, 2.05) is 18.5 Å². The van der Waals surface area contributed by atoms with Crippen LogP contribution in [-0.4, -0.2) is 14.1 Å². The molecule has 0 atom stereocenters. The first-order valence-electron chi connectivity index (χ1n) is 24.9. The third-order valence-electron chi connectivity index (χ3n) is 15.0. The van der Waals surface area contributed by atoms with Crippen LogP contribution < -0.4 is 0 Å². The highest BCUT2D eigenvalue weighted by molar-refractivity contribution is 6.13. The molecular weight excluding hydrogens is 873 g/mol. The van der Waals surface area contributed by atoms with E-state index in [-0.39, 0.29) is 0 Å². The summed E-state index contributed by atoms with van der Waals surface area (Å²) in [7, 11) is 0. The summed E-state index contributed by atoms with van der Waals surface area (Å²) < 4.78 is 4.73. The van der Waals surface area contributed by atoms with Crippen LogP contribution in [0.25, 0.3) is 111 Å². The first-order valence-corrected chi connectivity index (χ1v) is 24.9. The summed E-state index contributed by atoms with van der Waals surface area (Å²) in [6, 6.07) is 65.5. The maximum atomic E-state index is 12.0. The summed E-state index contributed by atoms with van der Waals surface area (Å²) >= 11 is 0. The van der Waals surface area contributed by atoms with Gasteiger partial charge in [-0.3, -0.25) is 4.98 Å². The quantitative estimate of drug-likeness (QED) is 0.160. The molecule has 3 aromatic heterocycles. The molecule has 0 bridgehead atoms. The van der Waals surface area contributed by atoms with E-state index < -0.39 is 0 Å². The molecule has 4 nitrogen and oxygen atoms in total. The van der Waals surface area contributed by atoms with Gasteiger partial charge in [-0.15, -0.1) is 0 Å². The third-order valence-corrected chi connectivity index (χ3v) is 15.0. The Hall–Kier alpha value is -8.78. The smallest absolute Gasteiger partial charge is 0.104 e. The molecule has 0 amide bonds. The molecule has 0 N–H and O–H groups in total. The van der Waals surface area contributed by atoms with Crippen molar-refractivity contribution in [2.24, 2.45) is 0 Å². The van der Waals surface area contributed by atoms with Crippen molar-refractivity contribution in [3.63, 3.8) is 0 Å². The van der Waals surface area contributed by atoms with Gasteiger partial charge in [0.25, 0.3) is 0 Å². The average Bonchev–Trinajstić information content (AvgIpc) is 3.87. The minimum absolute atomic E-state index is 0.572. The Morgan fingerprint density at radius 2 is 0.681 bits per heavy atom. The van der Waals surface area contributed by atoms with E-state index in [1.165, 1.54) is 66.8 Å². The molecule has 9 aromatic carbocycles. The molecule has 3 heterocycles. The highest BCUT2D eigenvalue weighted by atomic mass is 15.0. The Morgan fingerprint density at radius 3 is 0.958 bits per heavy atom. The Labute approximate surface area is 421 Å². The second kappa shape index (κ2) is 17.3. The number of fused-ring (bicyclic) bond motifs is 6. The van der Waals surface area contributed by atoms with Gasteiger partial charge in [0.2, 0.25) is 0 Å². The van der Waals surface area contributed by atoms with Crippen molar-refractivity contribution in [2.75, 3.05) is 0 Å². The topological polar surface area (TPSA) is 46.5 Å². The molecule has 346 valence electrons. The predicted octanol–water partition coefficient (Wildman–Crippen LogP) is 17.9. The molecule has 4 heteroatoms. The number of hydrogen-bond acceptors (Lipinski definition) is 2. The van der Waals surface area contributed by atoms with Gasteiger partial charge in [-0.1, -0.05) is 150 Å². The number of rotatable bonds is 7. The average molecular weight is 927 g/mol. The van der Waals surface area contributed by atoms with Gasteiger partial charge in [0.15, 0.2) is 0 Å². The maximum absolute atomic E-state index is 12.0. The number of aryl methyl sites for hydroxylation is 8. The molecular formula is C68H54N4. The number of benzene rings is 9. The Kier molecular flexibility index (Phi) is 10.7. The van der Waals surface area contributed by atoms with E-state index in [9.17, 15) is 5.26 Å². The molecule has 0 spiro atoms. The van der Waals surface area contributed by atoms with Crippen LogP contribution in [0.4, 0.5) is 0 Å². The van der Waals surface area contributed by atoms with E-state index in [2.05, 4.69) is 239 Å². The van der Waals surface area contributed by atoms with Crippen LogP contribution in [0.2, 0.25) is 0 Å². The second-order valence-electron chi connectivity index (χ2n) is 20.1. The predicted molar refractivity (Wildman–Crippen MR) is 303 cm³/mol. The summed E-state index contributed by atoms with van der Waals surface area (Å²) in [4.78, 5) is 4.65. The first-order chi connectivity index (χ1) is 34.9. The molecule has 0 aliphatic rings. The van der Waals surface area contributed by atoms with E-state index in [0.717, 1.165) is 88.4 Å². The molecule has 0 saturated heterocycles. The fraction of sp³-hybridized carbons (Fsp3) is 0.118. The van der Waals surface area contributed by atoms with Crippen LogP contribution in [0.3, 0.4) is 0 Å². The van der Waals surface area contributed by atoms with Crippen molar-refractivity contribution in [1.82, 2.24) is 14.1 Å². The van der Waals surface area contributed by atoms with Gasteiger partial charge in [0.1, 0.15) is 11.6 Å². The Balaban J connectivity index is 1.23. The summed E-state index contributed by atoms with van der Waals surface area (Å²) in [6.07, 6.45) is 3.75. The van der Waals surface area contributed by atoms with Crippen molar-refractivity contribution in [3.8, 4) is 73.1 Å². The molecule has 0 saturated carbocycles. The minimum Gasteiger partial charge on any atom is -0.308 e. The van der Waals surface area contributed by atoms with Crippen LogP contribution in [0.15, 0.2) is 182 Å².